The van der Waals surface area contributed by atoms with Crippen molar-refractivity contribution in [2.45, 2.75) is 45.8 Å². The molecule has 1 fully saturated rings. The largest absolute Gasteiger partial charge is 0.340 e. The summed E-state index contributed by atoms with van der Waals surface area (Å²) in [6.45, 7) is 9.69. The van der Waals surface area contributed by atoms with Gasteiger partial charge in [0.1, 0.15) is 0 Å². The standard InChI is InChI=1S/C24H30ClN3.2ClH/c1-3-27-14-8-10-20(27)15-26-16-22-18(2)28(24-13-7-5-11-21(22)24)17-19-9-4-6-12-23(19)25;;/h4-7,9,11-13,20,26H,3,8,10,14-17H2,1-2H3;2*1H. The van der Waals surface area contributed by atoms with Gasteiger partial charge >= 0.3 is 0 Å². The smallest absolute Gasteiger partial charge is 0.0493 e. The summed E-state index contributed by atoms with van der Waals surface area (Å²) >= 11 is 6.44. The van der Waals surface area contributed by atoms with Crippen molar-refractivity contribution >= 4 is 47.3 Å². The SMILES string of the molecule is CCN1CCCC1CNCc1c(C)n(Cc2ccccc2Cl)c2ccccc12.Cl.Cl. The molecule has 1 aliphatic heterocycles. The Balaban J connectivity index is 0.00000160. The second-order valence-corrected chi connectivity index (χ2v) is 8.22. The number of hydrogen-bond acceptors (Lipinski definition) is 2. The molecule has 0 radical (unpaired) electrons. The third-order valence-corrected chi connectivity index (χ3v) is 6.60. The first-order chi connectivity index (χ1) is 13.7. The molecule has 1 aliphatic rings. The first kappa shape index (κ1) is 25.0. The molecule has 0 saturated carbocycles. The molecule has 1 saturated heterocycles. The Morgan fingerprint density at radius 2 is 1.80 bits per heavy atom. The van der Waals surface area contributed by atoms with Gasteiger partial charge in [-0.2, -0.15) is 0 Å². The van der Waals surface area contributed by atoms with E-state index in [-0.39, 0.29) is 24.8 Å². The highest BCUT2D eigenvalue weighted by Gasteiger charge is 2.22. The van der Waals surface area contributed by atoms with Gasteiger partial charge in [-0.05, 0) is 56.1 Å². The van der Waals surface area contributed by atoms with Crippen LogP contribution in [0.1, 0.15) is 36.6 Å². The first-order valence-corrected chi connectivity index (χ1v) is 10.8. The fraction of sp³-hybridized carbons (Fsp3) is 0.417. The van der Waals surface area contributed by atoms with Crippen molar-refractivity contribution in [1.82, 2.24) is 14.8 Å². The van der Waals surface area contributed by atoms with Crippen LogP contribution in [-0.4, -0.2) is 35.1 Å². The van der Waals surface area contributed by atoms with Crippen molar-refractivity contribution in [2.75, 3.05) is 19.6 Å². The quantitative estimate of drug-likeness (QED) is 0.454. The molecule has 0 spiro atoms. The normalized spacial score (nSPS) is 16.4. The molecule has 164 valence electrons. The Kier molecular flexibility index (Phi) is 9.52. The fourth-order valence-electron chi connectivity index (χ4n) is 4.63. The van der Waals surface area contributed by atoms with E-state index in [1.54, 1.807) is 0 Å². The number of benzene rings is 2. The van der Waals surface area contributed by atoms with E-state index in [2.05, 4.69) is 65.0 Å². The summed E-state index contributed by atoms with van der Waals surface area (Å²) < 4.78 is 2.40. The number of nitrogens with zero attached hydrogens (tertiary/aromatic N) is 2. The minimum atomic E-state index is 0. The van der Waals surface area contributed by atoms with Crippen molar-refractivity contribution in [2.24, 2.45) is 0 Å². The van der Waals surface area contributed by atoms with Crippen LogP contribution in [0.5, 0.6) is 0 Å². The number of halogens is 3. The van der Waals surface area contributed by atoms with Crippen LogP contribution in [0.15, 0.2) is 48.5 Å². The Morgan fingerprint density at radius 3 is 2.57 bits per heavy atom. The van der Waals surface area contributed by atoms with E-state index >= 15 is 0 Å². The maximum Gasteiger partial charge on any atom is 0.0493 e. The Labute approximate surface area is 197 Å². The molecule has 4 rings (SSSR count). The van der Waals surface area contributed by atoms with E-state index in [1.807, 2.05) is 12.1 Å². The van der Waals surface area contributed by atoms with Crippen LogP contribution < -0.4 is 5.32 Å². The fourth-order valence-corrected chi connectivity index (χ4v) is 4.83. The summed E-state index contributed by atoms with van der Waals surface area (Å²) in [5.74, 6) is 0. The molecule has 1 aromatic heterocycles. The number of likely N-dealkylation sites (tertiary alicyclic amines) is 1. The third kappa shape index (κ3) is 5.15. The molecular weight excluding hydrogens is 437 g/mol. The maximum absolute atomic E-state index is 6.44. The van der Waals surface area contributed by atoms with Gasteiger partial charge in [0.05, 0.1) is 0 Å². The van der Waals surface area contributed by atoms with Gasteiger partial charge in [-0.25, -0.2) is 0 Å². The van der Waals surface area contributed by atoms with Crippen molar-refractivity contribution in [3.8, 4) is 0 Å². The predicted octanol–water partition coefficient (Wildman–Crippen LogP) is 6.07. The Hall–Kier alpha value is -1.23. The van der Waals surface area contributed by atoms with E-state index in [0.717, 1.165) is 36.8 Å². The lowest BCUT2D eigenvalue weighted by atomic mass is 10.1. The average Bonchev–Trinajstić information content (AvgIpc) is 3.27. The van der Waals surface area contributed by atoms with Gasteiger partial charge in [-0.1, -0.05) is 54.9 Å². The molecule has 2 heterocycles. The molecule has 0 bridgehead atoms. The topological polar surface area (TPSA) is 20.2 Å². The molecule has 0 amide bonds. The van der Waals surface area contributed by atoms with Crippen LogP contribution in [0.25, 0.3) is 10.9 Å². The third-order valence-electron chi connectivity index (χ3n) is 6.23. The van der Waals surface area contributed by atoms with Crippen molar-refractivity contribution in [1.29, 1.82) is 0 Å². The van der Waals surface area contributed by atoms with Crippen LogP contribution >= 0.6 is 36.4 Å². The van der Waals surface area contributed by atoms with Crippen LogP contribution in [0, 0.1) is 6.92 Å². The van der Waals surface area contributed by atoms with Crippen molar-refractivity contribution in [3.05, 3.63) is 70.4 Å². The number of hydrogen-bond donors (Lipinski definition) is 1. The van der Waals surface area contributed by atoms with Crippen molar-refractivity contribution < 1.29 is 0 Å². The molecule has 30 heavy (non-hydrogen) atoms. The summed E-state index contributed by atoms with van der Waals surface area (Å²) in [7, 11) is 0. The van der Waals surface area contributed by atoms with Gasteiger partial charge in [-0.15, -0.1) is 24.8 Å². The zero-order valence-electron chi connectivity index (χ0n) is 17.7. The second kappa shape index (κ2) is 11.4. The van der Waals surface area contributed by atoms with Gasteiger partial charge in [0.25, 0.3) is 0 Å². The molecule has 1 atom stereocenters. The average molecular weight is 469 g/mol. The molecule has 0 aliphatic carbocycles. The van der Waals surface area contributed by atoms with E-state index in [4.69, 9.17) is 11.6 Å². The lowest BCUT2D eigenvalue weighted by molar-refractivity contribution is 0.260. The molecule has 1 N–H and O–H groups in total. The summed E-state index contributed by atoms with van der Waals surface area (Å²) in [6, 6.07) is 17.6. The number of nitrogens with one attached hydrogen (secondary N) is 1. The summed E-state index contributed by atoms with van der Waals surface area (Å²) in [5.41, 5.74) is 5.18. The van der Waals surface area contributed by atoms with E-state index in [0.29, 0.717) is 6.04 Å². The summed E-state index contributed by atoms with van der Waals surface area (Å²) in [6.07, 6.45) is 2.64. The zero-order chi connectivity index (χ0) is 19.5. The first-order valence-electron chi connectivity index (χ1n) is 10.4. The number of rotatable bonds is 7. The van der Waals surface area contributed by atoms with Gasteiger partial charge in [0.2, 0.25) is 0 Å². The molecule has 2 aromatic carbocycles. The predicted molar refractivity (Wildman–Crippen MR) is 134 cm³/mol. The number of para-hydroxylation sites is 1. The minimum Gasteiger partial charge on any atom is -0.340 e. The lowest BCUT2D eigenvalue weighted by Gasteiger charge is -2.23. The minimum absolute atomic E-state index is 0. The van der Waals surface area contributed by atoms with Gasteiger partial charge < -0.3 is 9.88 Å². The second-order valence-electron chi connectivity index (χ2n) is 7.81. The van der Waals surface area contributed by atoms with E-state index < -0.39 is 0 Å². The molecule has 1 unspecified atom stereocenters. The van der Waals surface area contributed by atoms with Crippen LogP contribution in [0.3, 0.4) is 0 Å². The highest BCUT2D eigenvalue weighted by atomic mass is 35.5. The highest BCUT2D eigenvalue weighted by Crippen LogP contribution is 2.28. The van der Waals surface area contributed by atoms with Gasteiger partial charge in [0, 0.05) is 47.3 Å². The highest BCUT2D eigenvalue weighted by molar-refractivity contribution is 6.31. The molecule has 6 heteroatoms. The van der Waals surface area contributed by atoms with Gasteiger partial charge in [0.15, 0.2) is 0 Å². The van der Waals surface area contributed by atoms with E-state index in [1.165, 1.54) is 41.5 Å². The zero-order valence-corrected chi connectivity index (χ0v) is 20.1. The number of likely N-dealkylation sites (N-methyl/N-ethyl adjacent to an activating group) is 1. The molecule has 3 nitrogen and oxygen atoms in total. The van der Waals surface area contributed by atoms with Crippen LogP contribution in [0.4, 0.5) is 0 Å². The van der Waals surface area contributed by atoms with Gasteiger partial charge in [-0.3, -0.25) is 4.90 Å². The molecular formula is C24H32Cl3N3. The summed E-state index contributed by atoms with van der Waals surface area (Å²) in [5, 5.41) is 5.93. The summed E-state index contributed by atoms with van der Waals surface area (Å²) in [4.78, 5) is 2.60. The molecule has 3 aromatic rings. The lowest BCUT2D eigenvalue weighted by Crippen LogP contribution is -2.37. The number of fused-ring (bicyclic) bond motifs is 1. The number of aromatic nitrogens is 1. The van der Waals surface area contributed by atoms with Crippen molar-refractivity contribution in [3.63, 3.8) is 0 Å². The Bertz CT molecular complexity index is 954. The monoisotopic (exact) mass is 467 g/mol. The van der Waals surface area contributed by atoms with Crippen LogP contribution in [0.2, 0.25) is 5.02 Å². The Morgan fingerprint density at radius 1 is 1.07 bits per heavy atom. The van der Waals surface area contributed by atoms with E-state index in [9.17, 15) is 0 Å². The maximum atomic E-state index is 6.44. The van der Waals surface area contributed by atoms with Crippen LogP contribution in [-0.2, 0) is 13.1 Å².